The van der Waals surface area contributed by atoms with E-state index in [1.54, 1.807) is 31.2 Å². The molecule has 1 aliphatic heterocycles. The number of benzene rings is 1. The largest absolute Gasteiger partial charge is 0.381 e. The number of carbonyl (C=O) groups is 2. The molecular formula is C17H19ClN2O3. The van der Waals surface area contributed by atoms with E-state index in [1.165, 1.54) is 0 Å². The molecule has 1 heterocycles. The lowest BCUT2D eigenvalue weighted by atomic mass is 9.90. The predicted octanol–water partition coefficient (Wildman–Crippen LogP) is 2.74. The highest BCUT2D eigenvalue weighted by Gasteiger charge is 2.34. The molecule has 1 amide bonds. The summed E-state index contributed by atoms with van der Waals surface area (Å²) in [6, 6.07) is 8.77. The summed E-state index contributed by atoms with van der Waals surface area (Å²) < 4.78 is 5.23. The summed E-state index contributed by atoms with van der Waals surface area (Å²) in [4.78, 5) is 24.5. The maximum Gasteiger partial charge on any atom is 0.221 e. The van der Waals surface area contributed by atoms with Crippen LogP contribution in [0.3, 0.4) is 0 Å². The monoisotopic (exact) mass is 334 g/mol. The Morgan fingerprint density at radius 2 is 1.96 bits per heavy atom. The number of Topliss-reactive ketones (excluding diaryl/α,β-unsaturated/α-hetero) is 1. The molecule has 0 unspecified atom stereocenters. The second-order valence-corrected chi connectivity index (χ2v) is 6.27. The lowest BCUT2D eigenvalue weighted by Gasteiger charge is -2.31. The number of hydrogen-bond donors (Lipinski definition) is 1. The highest BCUT2D eigenvalue weighted by molar-refractivity contribution is 6.30. The van der Waals surface area contributed by atoms with E-state index in [0.29, 0.717) is 36.6 Å². The highest BCUT2D eigenvalue weighted by atomic mass is 35.5. The number of halogens is 1. The van der Waals surface area contributed by atoms with Gasteiger partial charge in [-0.05, 0) is 24.3 Å². The quantitative estimate of drug-likeness (QED) is 0.840. The van der Waals surface area contributed by atoms with Crippen LogP contribution in [0.5, 0.6) is 0 Å². The second kappa shape index (κ2) is 7.58. The van der Waals surface area contributed by atoms with E-state index in [2.05, 4.69) is 11.4 Å². The minimum atomic E-state index is -0.877. The van der Waals surface area contributed by atoms with Crippen molar-refractivity contribution in [2.75, 3.05) is 13.2 Å². The molecule has 122 valence electrons. The van der Waals surface area contributed by atoms with Crippen LogP contribution in [-0.2, 0) is 9.53 Å². The van der Waals surface area contributed by atoms with Gasteiger partial charge >= 0.3 is 0 Å². The zero-order valence-corrected chi connectivity index (χ0v) is 13.7. The first-order valence-corrected chi connectivity index (χ1v) is 7.93. The summed E-state index contributed by atoms with van der Waals surface area (Å²) >= 11 is 5.80. The first kappa shape index (κ1) is 17.5. The molecule has 0 radical (unpaired) electrons. The van der Waals surface area contributed by atoms with E-state index in [9.17, 15) is 14.9 Å². The first-order chi connectivity index (χ1) is 11.0. The molecule has 0 bridgehead atoms. The number of ketones is 1. The minimum Gasteiger partial charge on any atom is -0.381 e. The smallest absolute Gasteiger partial charge is 0.221 e. The fourth-order valence-electron chi connectivity index (χ4n) is 2.57. The maximum absolute atomic E-state index is 12.3. The van der Waals surface area contributed by atoms with Crippen LogP contribution in [-0.4, -0.2) is 30.4 Å². The molecule has 1 aromatic carbocycles. The lowest BCUT2D eigenvalue weighted by Crippen LogP contribution is -2.51. The van der Waals surface area contributed by atoms with Crippen LogP contribution >= 0.6 is 11.6 Å². The van der Waals surface area contributed by atoms with E-state index in [-0.39, 0.29) is 18.1 Å². The maximum atomic E-state index is 12.3. The average Bonchev–Trinajstić information content (AvgIpc) is 2.55. The highest BCUT2D eigenvalue weighted by Crippen LogP contribution is 2.21. The summed E-state index contributed by atoms with van der Waals surface area (Å²) in [5, 5.41) is 12.7. The van der Waals surface area contributed by atoms with Crippen molar-refractivity contribution in [3.05, 3.63) is 34.9 Å². The molecule has 0 aliphatic carbocycles. The third-order valence-electron chi connectivity index (χ3n) is 4.01. The molecule has 1 atom stereocenters. The standard InChI is InChI=1S/C17H19ClN2O3/c1-12(16(22)13-2-4-14(18)5-3-13)10-15(21)20-17(11-19)6-8-23-9-7-17/h2-5,12H,6-10H2,1H3,(H,20,21)/t12-/m0/s1. The summed E-state index contributed by atoms with van der Waals surface area (Å²) in [6.07, 6.45) is 0.981. The molecule has 1 saturated heterocycles. The fraction of sp³-hybridized carbons (Fsp3) is 0.471. The Morgan fingerprint density at radius 1 is 1.35 bits per heavy atom. The fourth-order valence-corrected chi connectivity index (χ4v) is 2.70. The van der Waals surface area contributed by atoms with Crippen LogP contribution < -0.4 is 5.32 Å². The summed E-state index contributed by atoms with van der Waals surface area (Å²) in [5.74, 6) is -0.871. The Balaban J connectivity index is 1.95. The first-order valence-electron chi connectivity index (χ1n) is 7.55. The van der Waals surface area contributed by atoms with Gasteiger partial charge in [-0.25, -0.2) is 0 Å². The topological polar surface area (TPSA) is 79.2 Å². The molecular weight excluding hydrogens is 316 g/mol. The van der Waals surface area contributed by atoms with Crippen molar-refractivity contribution in [3.63, 3.8) is 0 Å². The molecule has 6 heteroatoms. The molecule has 0 aromatic heterocycles. The molecule has 2 rings (SSSR count). The van der Waals surface area contributed by atoms with Gasteiger partial charge in [-0.2, -0.15) is 5.26 Å². The van der Waals surface area contributed by atoms with Crippen molar-refractivity contribution < 1.29 is 14.3 Å². The predicted molar refractivity (Wildman–Crippen MR) is 86.1 cm³/mol. The van der Waals surface area contributed by atoms with Crippen LogP contribution in [0, 0.1) is 17.2 Å². The number of nitriles is 1. The Kier molecular flexibility index (Phi) is 5.75. The van der Waals surface area contributed by atoms with Gasteiger partial charge < -0.3 is 10.1 Å². The Hall–Kier alpha value is -1.90. The van der Waals surface area contributed by atoms with E-state index >= 15 is 0 Å². The van der Waals surface area contributed by atoms with E-state index in [4.69, 9.17) is 16.3 Å². The lowest BCUT2D eigenvalue weighted by molar-refractivity contribution is -0.123. The Bertz CT molecular complexity index is 616. The molecule has 5 nitrogen and oxygen atoms in total. The van der Waals surface area contributed by atoms with Gasteiger partial charge in [-0.1, -0.05) is 18.5 Å². The third kappa shape index (κ3) is 4.54. The van der Waals surface area contributed by atoms with Crippen molar-refractivity contribution in [2.45, 2.75) is 31.7 Å². The van der Waals surface area contributed by atoms with Gasteiger partial charge in [0.2, 0.25) is 5.91 Å². The van der Waals surface area contributed by atoms with Crippen molar-refractivity contribution >= 4 is 23.3 Å². The number of rotatable bonds is 5. The number of amides is 1. The van der Waals surface area contributed by atoms with Crippen molar-refractivity contribution in [2.24, 2.45) is 5.92 Å². The minimum absolute atomic E-state index is 0.0474. The summed E-state index contributed by atoms with van der Waals surface area (Å²) in [5.41, 5.74) is -0.353. The van der Waals surface area contributed by atoms with E-state index in [1.807, 2.05) is 0 Å². The average molecular weight is 335 g/mol. The SMILES string of the molecule is C[C@@H](CC(=O)NC1(C#N)CCOCC1)C(=O)c1ccc(Cl)cc1. The zero-order chi connectivity index (χ0) is 16.9. The summed E-state index contributed by atoms with van der Waals surface area (Å²) in [7, 11) is 0. The molecule has 1 N–H and O–H groups in total. The van der Waals surface area contributed by atoms with Crippen molar-refractivity contribution in [1.29, 1.82) is 5.26 Å². The molecule has 1 aromatic rings. The van der Waals surface area contributed by atoms with Crippen molar-refractivity contribution in [1.82, 2.24) is 5.32 Å². The molecule has 0 saturated carbocycles. The Labute approximate surface area is 140 Å². The van der Waals surface area contributed by atoms with Gasteiger partial charge in [0, 0.05) is 49.0 Å². The second-order valence-electron chi connectivity index (χ2n) is 5.83. The third-order valence-corrected chi connectivity index (χ3v) is 4.26. The van der Waals surface area contributed by atoms with Gasteiger partial charge in [-0.3, -0.25) is 9.59 Å². The number of ether oxygens (including phenoxy) is 1. The van der Waals surface area contributed by atoms with Gasteiger partial charge in [0.25, 0.3) is 0 Å². The van der Waals surface area contributed by atoms with Crippen molar-refractivity contribution in [3.8, 4) is 6.07 Å². The van der Waals surface area contributed by atoms with Gasteiger partial charge in [0.1, 0.15) is 5.54 Å². The number of carbonyl (C=O) groups excluding carboxylic acids is 2. The van der Waals surface area contributed by atoms with Crippen LogP contribution in [0.4, 0.5) is 0 Å². The normalized spacial score (nSPS) is 17.8. The zero-order valence-electron chi connectivity index (χ0n) is 13.0. The van der Waals surface area contributed by atoms with Gasteiger partial charge in [0.15, 0.2) is 5.78 Å². The molecule has 1 fully saturated rings. The number of nitrogens with one attached hydrogen (secondary N) is 1. The van der Waals surface area contributed by atoms with Crippen LogP contribution in [0.1, 0.15) is 36.5 Å². The number of nitrogens with zero attached hydrogens (tertiary/aromatic N) is 1. The van der Waals surface area contributed by atoms with Crippen LogP contribution in [0.15, 0.2) is 24.3 Å². The van der Waals surface area contributed by atoms with E-state index in [0.717, 1.165) is 0 Å². The number of hydrogen-bond acceptors (Lipinski definition) is 4. The Morgan fingerprint density at radius 3 is 2.52 bits per heavy atom. The van der Waals surface area contributed by atoms with Crippen LogP contribution in [0.25, 0.3) is 0 Å². The van der Waals surface area contributed by atoms with Gasteiger partial charge in [-0.15, -0.1) is 0 Å². The molecule has 1 aliphatic rings. The van der Waals surface area contributed by atoms with Crippen LogP contribution in [0.2, 0.25) is 5.02 Å². The summed E-state index contributed by atoms with van der Waals surface area (Å²) in [6.45, 7) is 2.61. The molecule has 23 heavy (non-hydrogen) atoms. The molecule has 0 spiro atoms. The van der Waals surface area contributed by atoms with E-state index < -0.39 is 11.5 Å². The van der Waals surface area contributed by atoms with Gasteiger partial charge in [0.05, 0.1) is 6.07 Å².